The van der Waals surface area contributed by atoms with Gasteiger partial charge in [0, 0.05) is 17.7 Å². The Morgan fingerprint density at radius 1 is 0.477 bits per heavy atom. The molecule has 0 radical (unpaired) electrons. The molecule has 362 valence electrons. The van der Waals surface area contributed by atoms with E-state index in [1.165, 1.54) is 24.3 Å². The molecule has 16 N–H and O–H groups in total. The van der Waals surface area contributed by atoms with E-state index in [0.717, 1.165) is 12.1 Å². The predicted octanol–water partition coefficient (Wildman–Crippen LogP) is -7.47. The molecule has 0 saturated carbocycles. The van der Waals surface area contributed by atoms with Crippen LogP contribution in [0.2, 0.25) is 0 Å². The van der Waals surface area contributed by atoms with E-state index in [4.69, 9.17) is 42.3 Å². The van der Waals surface area contributed by atoms with Gasteiger partial charge in [0.2, 0.25) is 30.0 Å². The van der Waals surface area contributed by atoms with Gasteiger partial charge in [0.15, 0.2) is 12.1 Å². The average molecular weight is 935 g/mol. The highest BCUT2D eigenvalue weighted by Gasteiger charge is 2.49. The van der Waals surface area contributed by atoms with E-state index in [-0.39, 0.29) is 17.1 Å². The number of hydrogen-bond acceptors (Lipinski definition) is 26. The summed E-state index contributed by atoms with van der Waals surface area (Å²) in [6, 6.07) is 7.02. The van der Waals surface area contributed by atoms with E-state index in [0.29, 0.717) is 0 Å². The molecule has 0 amide bonds. The number of phenolic OH excluding ortho intramolecular Hbond substituents is 1. The first-order valence-corrected chi connectivity index (χ1v) is 20.1. The maximum Gasteiger partial charge on any atom is 0.239 e. The van der Waals surface area contributed by atoms with Crippen LogP contribution in [0, 0.1) is 0 Å². The summed E-state index contributed by atoms with van der Waals surface area (Å²) < 4.78 is 50.5. The third-order valence-corrected chi connectivity index (χ3v) is 11.4. The van der Waals surface area contributed by atoms with Crippen LogP contribution in [0.25, 0.3) is 22.3 Å². The van der Waals surface area contributed by atoms with Crippen molar-refractivity contribution < 1.29 is 124 Å². The summed E-state index contributed by atoms with van der Waals surface area (Å²) in [4.78, 5) is 14.4. The molecule has 26 heteroatoms. The number of aliphatic hydroxyl groups is 15. The molecular weight excluding hydrogens is 884 g/mol. The lowest BCUT2D eigenvalue weighted by molar-refractivity contribution is -0.323. The number of benzene rings is 2. The highest BCUT2D eigenvalue weighted by atomic mass is 16.7. The van der Waals surface area contributed by atoms with Crippen LogP contribution in [0.5, 0.6) is 23.0 Å². The maximum atomic E-state index is 14.4. The molecule has 2 aromatic carbocycles. The van der Waals surface area contributed by atoms with Crippen LogP contribution in [0.3, 0.4) is 0 Å². The van der Waals surface area contributed by atoms with Crippen LogP contribution < -0.4 is 19.6 Å². The predicted molar refractivity (Wildman–Crippen MR) is 205 cm³/mol. The molecule has 20 unspecified atom stereocenters. The highest BCUT2D eigenvalue weighted by Crippen LogP contribution is 2.39. The minimum absolute atomic E-state index is 0.0201. The first kappa shape index (κ1) is 49.0. The Kier molecular flexibility index (Phi) is 15.1. The molecule has 20 atom stereocenters. The van der Waals surface area contributed by atoms with E-state index >= 15 is 0 Å². The summed E-state index contributed by atoms with van der Waals surface area (Å²) in [5.74, 6) is -2.48. The van der Waals surface area contributed by atoms with Crippen molar-refractivity contribution >= 4 is 11.0 Å². The van der Waals surface area contributed by atoms with Gasteiger partial charge in [-0.15, -0.1) is 0 Å². The molecule has 26 nitrogen and oxygen atoms in total. The van der Waals surface area contributed by atoms with Gasteiger partial charge in [-0.25, -0.2) is 0 Å². The van der Waals surface area contributed by atoms with Gasteiger partial charge in [0.05, 0.1) is 26.4 Å². The number of hydrogen-bond donors (Lipinski definition) is 16. The zero-order valence-electron chi connectivity index (χ0n) is 33.6. The summed E-state index contributed by atoms with van der Waals surface area (Å²) in [6.45, 7) is -3.08. The van der Waals surface area contributed by atoms with Crippen molar-refractivity contribution in [2.24, 2.45) is 0 Å². The second kappa shape index (κ2) is 20.1. The normalized spacial score (nSPS) is 40.1. The Morgan fingerprint density at radius 3 is 1.38 bits per heavy atom. The fourth-order valence-electron chi connectivity index (χ4n) is 7.57. The van der Waals surface area contributed by atoms with E-state index in [1.54, 1.807) is 0 Å². The molecule has 4 aliphatic rings. The van der Waals surface area contributed by atoms with Crippen LogP contribution >= 0.6 is 0 Å². The number of phenols is 1. The molecule has 3 aromatic rings. The molecule has 4 fully saturated rings. The van der Waals surface area contributed by atoms with E-state index in [1.807, 2.05) is 0 Å². The van der Waals surface area contributed by atoms with Crippen LogP contribution in [0.1, 0.15) is 0 Å². The molecule has 0 spiro atoms. The quantitative estimate of drug-likeness (QED) is 0.0757. The Balaban J connectivity index is 1.22. The van der Waals surface area contributed by atoms with E-state index < -0.39 is 183 Å². The number of aliphatic hydroxyl groups excluding tert-OH is 15. The molecule has 4 aliphatic heterocycles. The highest BCUT2D eigenvalue weighted by molar-refractivity contribution is 5.88. The fraction of sp³-hybridized carbons (Fsp3) is 0.615. The number of fused-ring (bicyclic) bond motifs is 1. The van der Waals surface area contributed by atoms with Crippen molar-refractivity contribution in [1.82, 2.24) is 0 Å². The molecule has 7 rings (SSSR count). The lowest BCUT2D eigenvalue weighted by atomic mass is 9.98. The summed E-state index contributed by atoms with van der Waals surface area (Å²) in [6.07, 6.45) is -35.0. The lowest BCUT2D eigenvalue weighted by Gasteiger charge is -2.42. The first-order valence-electron chi connectivity index (χ1n) is 20.1. The SMILES string of the molecule is O=c1c(OC2OC(COC3OC(CO)C(O)C(O)C3O)C(O)C(O)C2O)c(-c2ccc(OC3OC(CO)C(O)C(O)C3O)cc2)oc2cc(OC3OC(CO)C(O)C(O)C3O)cc(O)c12. The van der Waals surface area contributed by atoms with Crippen molar-refractivity contribution in [1.29, 1.82) is 0 Å². The third-order valence-electron chi connectivity index (χ3n) is 11.4. The summed E-state index contributed by atoms with van der Waals surface area (Å²) in [5, 5.41) is 164. The zero-order chi connectivity index (χ0) is 47.2. The van der Waals surface area contributed by atoms with E-state index in [2.05, 4.69) is 0 Å². The molecule has 0 bridgehead atoms. The Bertz CT molecular complexity index is 2120. The van der Waals surface area contributed by atoms with Crippen LogP contribution in [0.15, 0.2) is 45.6 Å². The van der Waals surface area contributed by atoms with Gasteiger partial charge in [0.1, 0.15) is 126 Å². The minimum atomic E-state index is -2.12. The first-order chi connectivity index (χ1) is 30.9. The Labute approximate surface area is 364 Å². The van der Waals surface area contributed by atoms with Gasteiger partial charge in [-0.1, -0.05) is 0 Å². The average Bonchev–Trinajstić information content (AvgIpc) is 3.29. The number of ether oxygens (including phenoxy) is 8. The summed E-state index contributed by atoms with van der Waals surface area (Å²) in [5.41, 5.74) is -1.59. The van der Waals surface area contributed by atoms with Gasteiger partial charge >= 0.3 is 0 Å². The Morgan fingerprint density at radius 2 is 0.892 bits per heavy atom. The van der Waals surface area contributed by atoms with Gasteiger partial charge in [-0.05, 0) is 24.3 Å². The van der Waals surface area contributed by atoms with Crippen LogP contribution in [0.4, 0.5) is 0 Å². The maximum absolute atomic E-state index is 14.4. The van der Waals surface area contributed by atoms with Crippen LogP contribution in [-0.4, -0.2) is 231 Å². The molecule has 4 saturated heterocycles. The molecule has 5 heterocycles. The Hall–Kier alpha value is -3.95. The van der Waals surface area contributed by atoms with Gasteiger partial charge in [-0.2, -0.15) is 0 Å². The second-order valence-electron chi connectivity index (χ2n) is 15.7. The van der Waals surface area contributed by atoms with Crippen LogP contribution in [-0.2, 0) is 23.7 Å². The smallest absolute Gasteiger partial charge is 0.239 e. The largest absolute Gasteiger partial charge is 0.507 e. The van der Waals surface area contributed by atoms with Gasteiger partial charge in [0.25, 0.3) is 0 Å². The standard InChI is InChI=1S/C39H50O26/c40-7-16-21(44)26(49)30(53)36(61-16)57-10-19-24(47)29(52)33(56)39(64-19)65-35-25(48)20-14(43)5-13(59-38-32(55)28(51)23(46)18(9-42)63-38)6-15(20)60-34(35)11-1-3-12(4-2-11)58-37-31(54)27(50)22(45)17(8-41)62-37/h1-6,16-19,21-24,26-33,36-47,49-56H,7-10H2. The van der Waals surface area contributed by atoms with Crippen molar-refractivity contribution in [2.45, 2.75) is 123 Å². The number of aromatic hydroxyl groups is 1. The van der Waals surface area contributed by atoms with Gasteiger partial charge in [-0.3, -0.25) is 4.79 Å². The molecule has 1 aromatic heterocycles. The second-order valence-corrected chi connectivity index (χ2v) is 15.7. The minimum Gasteiger partial charge on any atom is -0.507 e. The van der Waals surface area contributed by atoms with E-state index in [9.17, 15) is 86.5 Å². The zero-order valence-corrected chi connectivity index (χ0v) is 33.6. The third kappa shape index (κ3) is 9.62. The molecule has 0 aliphatic carbocycles. The van der Waals surface area contributed by atoms with Crippen molar-refractivity contribution in [3.8, 4) is 34.3 Å². The fourth-order valence-corrected chi connectivity index (χ4v) is 7.57. The van der Waals surface area contributed by atoms with Crippen molar-refractivity contribution in [3.63, 3.8) is 0 Å². The number of rotatable bonds is 13. The van der Waals surface area contributed by atoms with Crippen molar-refractivity contribution in [3.05, 3.63) is 46.6 Å². The van der Waals surface area contributed by atoms with Crippen molar-refractivity contribution in [2.75, 3.05) is 26.4 Å². The monoisotopic (exact) mass is 934 g/mol. The molecule has 65 heavy (non-hydrogen) atoms. The summed E-state index contributed by atoms with van der Waals surface area (Å²) >= 11 is 0. The topological polar surface area (TPSA) is 428 Å². The molecular formula is C39H50O26. The van der Waals surface area contributed by atoms with Gasteiger partial charge < -0.3 is 124 Å². The lowest BCUT2D eigenvalue weighted by Crippen LogP contribution is -2.62. The summed E-state index contributed by atoms with van der Waals surface area (Å²) in [7, 11) is 0.